The van der Waals surface area contributed by atoms with Crippen LogP contribution in [0.2, 0.25) is 0 Å². The third kappa shape index (κ3) is 5.97. The van der Waals surface area contributed by atoms with Gasteiger partial charge in [0.2, 0.25) is 0 Å². The molecule has 1 aliphatic carbocycles. The molecule has 0 N–H and O–H groups in total. The molecule has 0 fully saturated rings. The van der Waals surface area contributed by atoms with Crippen LogP contribution in [0.4, 0.5) is 17.6 Å². The van der Waals surface area contributed by atoms with E-state index in [1.165, 1.54) is 43.2 Å². The zero-order valence-corrected chi connectivity index (χ0v) is 16.8. The molecule has 1 unspecified atom stereocenters. The lowest BCUT2D eigenvalue weighted by Gasteiger charge is -2.26. The Morgan fingerprint density at radius 3 is 2.38 bits per heavy atom. The highest BCUT2D eigenvalue weighted by atomic mass is 19.4. The standard InChI is InChI=1S/C24H28F4O/c1-2-3-4-5-6-7-17-8-10-18(11-9-17)19-12-14-21-20(16-19)13-15-22(23(21)25)29-24(26,27)28/h8-11,13,15,19H,2-7,12,14,16H2,1H3. The maximum atomic E-state index is 14.4. The number of hydrogen-bond acceptors (Lipinski definition) is 1. The zero-order valence-electron chi connectivity index (χ0n) is 16.8. The van der Waals surface area contributed by atoms with E-state index in [1.54, 1.807) is 6.07 Å². The van der Waals surface area contributed by atoms with E-state index >= 15 is 0 Å². The van der Waals surface area contributed by atoms with Gasteiger partial charge in [-0.05, 0) is 66.3 Å². The number of hydrogen-bond donors (Lipinski definition) is 0. The maximum absolute atomic E-state index is 14.4. The lowest BCUT2D eigenvalue weighted by molar-refractivity contribution is -0.275. The molecule has 0 saturated carbocycles. The molecule has 0 radical (unpaired) electrons. The van der Waals surface area contributed by atoms with Crippen LogP contribution < -0.4 is 4.74 Å². The molecular weight excluding hydrogens is 380 g/mol. The minimum Gasteiger partial charge on any atom is -0.403 e. The van der Waals surface area contributed by atoms with Gasteiger partial charge < -0.3 is 4.74 Å². The van der Waals surface area contributed by atoms with E-state index in [-0.39, 0.29) is 5.92 Å². The molecule has 2 aromatic rings. The molecule has 29 heavy (non-hydrogen) atoms. The van der Waals surface area contributed by atoms with Crippen molar-refractivity contribution in [3.8, 4) is 5.75 Å². The molecule has 0 spiro atoms. The summed E-state index contributed by atoms with van der Waals surface area (Å²) >= 11 is 0. The van der Waals surface area contributed by atoms with Gasteiger partial charge in [-0.3, -0.25) is 0 Å². The number of alkyl halides is 3. The molecule has 0 amide bonds. The van der Waals surface area contributed by atoms with Gasteiger partial charge in [-0.1, -0.05) is 62.9 Å². The van der Waals surface area contributed by atoms with E-state index in [0.29, 0.717) is 18.4 Å². The Morgan fingerprint density at radius 1 is 0.966 bits per heavy atom. The molecule has 5 heteroatoms. The van der Waals surface area contributed by atoms with Crippen LogP contribution >= 0.6 is 0 Å². The fourth-order valence-electron chi connectivity index (χ4n) is 4.16. The second-order valence-electron chi connectivity index (χ2n) is 7.91. The Balaban J connectivity index is 1.61. The fraction of sp³-hybridized carbons (Fsp3) is 0.500. The summed E-state index contributed by atoms with van der Waals surface area (Å²) in [7, 11) is 0. The van der Waals surface area contributed by atoms with Gasteiger partial charge in [0, 0.05) is 0 Å². The predicted octanol–water partition coefficient (Wildman–Crippen LogP) is 7.51. The summed E-state index contributed by atoms with van der Waals surface area (Å²) in [4.78, 5) is 0. The summed E-state index contributed by atoms with van der Waals surface area (Å²) in [5, 5.41) is 0. The van der Waals surface area contributed by atoms with Crippen molar-refractivity contribution in [1.29, 1.82) is 0 Å². The predicted molar refractivity (Wildman–Crippen MR) is 107 cm³/mol. The summed E-state index contributed by atoms with van der Waals surface area (Å²) in [5.74, 6) is -1.36. The average molecular weight is 408 g/mol. The van der Waals surface area contributed by atoms with Gasteiger partial charge in [0.15, 0.2) is 11.6 Å². The van der Waals surface area contributed by atoms with Crippen molar-refractivity contribution in [2.24, 2.45) is 0 Å². The lowest BCUT2D eigenvalue weighted by atomic mass is 9.79. The first-order valence-corrected chi connectivity index (χ1v) is 10.5. The molecule has 0 aliphatic heterocycles. The number of ether oxygens (including phenoxy) is 1. The summed E-state index contributed by atoms with van der Waals surface area (Å²) in [6.45, 7) is 2.21. The van der Waals surface area contributed by atoms with Crippen molar-refractivity contribution in [1.82, 2.24) is 0 Å². The van der Waals surface area contributed by atoms with Crippen LogP contribution in [0.5, 0.6) is 5.75 Å². The third-order valence-electron chi connectivity index (χ3n) is 5.76. The molecule has 158 valence electrons. The zero-order chi connectivity index (χ0) is 20.9. The van der Waals surface area contributed by atoms with Crippen LogP contribution in [0, 0.1) is 5.82 Å². The monoisotopic (exact) mass is 408 g/mol. The molecule has 1 atom stereocenters. The minimum atomic E-state index is -4.88. The molecule has 1 nitrogen and oxygen atoms in total. The quantitative estimate of drug-likeness (QED) is 0.324. The highest BCUT2D eigenvalue weighted by molar-refractivity contribution is 5.41. The van der Waals surface area contributed by atoms with Crippen molar-refractivity contribution >= 4 is 0 Å². The van der Waals surface area contributed by atoms with E-state index in [4.69, 9.17) is 0 Å². The second-order valence-corrected chi connectivity index (χ2v) is 7.91. The van der Waals surface area contributed by atoms with Crippen LogP contribution in [0.15, 0.2) is 36.4 Å². The van der Waals surface area contributed by atoms with E-state index in [9.17, 15) is 17.6 Å². The first kappa shape index (κ1) is 21.7. The van der Waals surface area contributed by atoms with Crippen molar-refractivity contribution < 1.29 is 22.3 Å². The van der Waals surface area contributed by atoms with Crippen LogP contribution in [0.25, 0.3) is 0 Å². The van der Waals surface area contributed by atoms with E-state index in [0.717, 1.165) is 24.5 Å². The Morgan fingerprint density at radius 2 is 1.69 bits per heavy atom. The van der Waals surface area contributed by atoms with Gasteiger partial charge in [-0.2, -0.15) is 0 Å². The Bertz CT molecular complexity index is 796. The van der Waals surface area contributed by atoms with Gasteiger partial charge in [-0.15, -0.1) is 13.2 Å². The van der Waals surface area contributed by atoms with Crippen LogP contribution in [-0.4, -0.2) is 6.36 Å². The van der Waals surface area contributed by atoms with Gasteiger partial charge in [0.25, 0.3) is 0 Å². The van der Waals surface area contributed by atoms with Crippen molar-refractivity contribution in [2.75, 3.05) is 0 Å². The Labute approximate surface area is 170 Å². The van der Waals surface area contributed by atoms with E-state index in [2.05, 4.69) is 35.9 Å². The number of benzene rings is 2. The normalized spacial score (nSPS) is 16.5. The number of halogens is 4. The van der Waals surface area contributed by atoms with Crippen molar-refractivity contribution in [3.05, 3.63) is 64.5 Å². The number of rotatable bonds is 8. The first-order valence-electron chi connectivity index (χ1n) is 10.5. The molecule has 0 saturated heterocycles. The molecule has 1 aliphatic rings. The van der Waals surface area contributed by atoms with Crippen LogP contribution in [-0.2, 0) is 19.3 Å². The van der Waals surface area contributed by atoms with Gasteiger partial charge in [-0.25, -0.2) is 4.39 Å². The van der Waals surface area contributed by atoms with E-state index < -0.39 is 17.9 Å². The largest absolute Gasteiger partial charge is 0.573 e. The Kier molecular flexibility index (Phi) is 7.20. The smallest absolute Gasteiger partial charge is 0.403 e. The first-order chi connectivity index (χ1) is 13.9. The molecule has 0 heterocycles. The van der Waals surface area contributed by atoms with Gasteiger partial charge >= 0.3 is 6.36 Å². The van der Waals surface area contributed by atoms with Crippen molar-refractivity contribution in [2.45, 2.75) is 77.0 Å². The highest BCUT2D eigenvalue weighted by Crippen LogP contribution is 2.37. The van der Waals surface area contributed by atoms with E-state index in [1.807, 2.05) is 0 Å². The van der Waals surface area contributed by atoms with Crippen LogP contribution in [0.3, 0.4) is 0 Å². The highest BCUT2D eigenvalue weighted by Gasteiger charge is 2.34. The summed E-state index contributed by atoms with van der Waals surface area (Å²) in [5.41, 5.74) is 3.67. The van der Waals surface area contributed by atoms with Gasteiger partial charge in [0.05, 0.1) is 0 Å². The van der Waals surface area contributed by atoms with Gasteiger partial charge in [0.1, 0.15) is 0 Å². The summed E-state index contributed by atoms with van der Waals surface area (Å²) < 4.78 is 55.5. The lowest BCUT2D eigenvalue weighted by Crippen LogP contribution is -2.20. The molecule has 2 aromatic carbocycles. The minimum absolute atomic E-state index is 0.259. The van der Waals surface area contributed by atoms with Crippen molar-refractivity contribution in [3.63, 3.8) is 0 Å². The second kappa shape index (κ2) is 9.64. The van der Waals surface area contributed by atoms with Crippen LogP contribution in [0.1, 0.15) is 73.6 Å². The summed E-state index contributed by atoms with van der Waals surface area (Å²) in [6, 6.07) is 11.3. The SMILES string of the molecule is CCCCCCCc1ccc(C2CCc3c(ccc(OC(F)(F)F)c3F)C2)cc1. The number of aryl methyl sites for hydroxylation is 1. The molecule has 0 aromatic heterocycles. The number of fused-ring (bicyclic) bond motifs is 1. The number of unbranched alkanes of at least 4 members (excludes halogenated alkanes) is 4. The third-order valence-corrected chi connectivity index (χ3v) is 5.76. The topological polar surface area (TPSA) is 9.23 Å². The summed E-state index contributed by atoms with van der Waals surface area (Å²) in [6.07, 6.45) is 4.28. The maximum Gasteiger partial charge on any atom is 0.573 e. The average Bonchev–Trinajstić information content (AvgIpc) is 2.69. The molecular formula is C24H28F4O. The molecule has 0 bridgehead atoms. The fourth-order valence-corrected chi connectivity index (χ4v) is 4.16. The molecule has 3 rings (SSSR count). The Hall–Kier alpha value is -2.04.